The van der Waals surface area contributed by atoms with Gasteiger partial charge in [0.1, 0.15) is 0 Å². The zero-order valence-corrected chi connectivity index (χ0v) is 9.43. The first-order chi connectivity index (χ1) is 5.86. The van der Waals surface area contributed by atoms with E-state index >= 15 is 0 Å². The van der Waals surface area contributed by atoms with Crippen LogP contribution in [0.3, 0.4) is 0 Å². The fourth-order valence-electron chi connectivity index (χ4n) is 2.01. The van der Waals surface area contributed by atoms with Gasteiger partial charge >= 0.3 is 0 Å². The maximum Gasteiger partial charge on any atom is 0.187 e. The number of nitrogens with zero attached hydrogens (tertiary/aromatic N) is 2. The summed E-state index contributed by atoms with van der Waals surface area (Å²) in [5, 5.41) is 6.34. The summed E-state index contributed by atoms with van der Waals surface area (Å²) in [6.07, 6.45) is 1.93. The molecule has 0 aromatic heterocycles. The van der Waals surface area contributed by atoms with Crippen LogP contribution in [0.25, 0.3) is 0 Å². The molecule has 0 saturated heterocycles. The predicted octanol–water partition coefficient (Wildman–Crippen LogP) is 1.58. The van der Waals surface area contributed by atoms with E-state index in [-0.39, 0.29) is 11.5 Å². The first kappa shape index (κ1) is 10.4. The van der Waals surface area contributed by atoms with E-state index in [4.69, 9.17) is 18.0 Å². The van der Waals surface area contributed by atoms with Crippen molar-refractivity contribution in [3.63, 3.8) is 0 Å². The van der Waals surface area contributed by atoms with Crippen LogP contribution in [0.2, 0.25) is 0 Å². The zero-order chi connectivity index (χ0) is 10.2. The molecule has 1 atom stereocenters. The lowest BCUT2D eigenvalue weighted by atomic mass is 9.80. The molecule has 0 aliphatic carbocycles. The second-order valence-electron chi connectivity index (χ2n) is 4.44. The van der Waals surface area contributed by atoms with Gasteiger partial charge in [0.15, 0.2) is 5.11 Å². The summed E-state index contributed by atoms with van der Waals surface area (Å²) in [5.74, 6) is 0.485. The minimum atomic E-state index is 0.0532. The zero-order valence-electron chi connectivity index (χ0n) is 8.61. The molecule has 1 aliphatic rings. The van der Waals surface area contributed by atoms with Crippen LogP contribution in [0.5, 0.6) is 0 Å². The molecule has 0 fully saturated rings. The molecule has 74 valence electrons. The van der Waals surface area contributed by atoms with Gasteiger partial charge in [-0.25, -0.2) is 5.01 Å². The number of hydrogen-bond acceptors (Lipinski definition) is 2. The Morgan fingerprint density at radius 2 is 2.15 bits per heavy atom. The van der Waals surface area contributed by atoms with E-state index in [2.05, 4.69) is 32.8 Å². The molecule has 0 saturated carbocycles. The van der Waals surface area contributed by atoms with Crippen LogP contribution in [-0.2, 0) is 0 Å². The third-order valence-electron chi connectivity index (χ3n) is 2.40. The Morgan fingerprint density at radius 3 is 2.46 bits per heavy atom. The third-order valence-corrected chi connectivity index (χ3v) is 2.58. The first-order valence-corrected chi connectivity index (χ1v) is 4.91. The standard InChI is InChI=1S/C9H17N3S/c1-6(2)7-9(3,4)5-11-12(7)8(10)13/h5-7H,1-4H3,(H2,10,13)/t7-/m1/s1. The van der Waals surface area contributed by atoms with Crippen LogP contribution >= 0.6 is 12.2 Å². The monoisotopic (exact) mass is 199 g/mol. The van der Waals surface area contributed by atoms with Crippen molar-refractivity contribution in [1.29, 1.82) is 0 Å². The molecule has 13 heavy (non-hydrogen) atoms. The molecule has 0 amide bonds. The van der Waals surface area contributed by atoms with Gasteiger partial charge in [0, 0.05) is 11.6 Å². The summed E-state index contributed by atoms with van der Waals surface area (Å²) in [4.78, 5) is 0. The van der Waals surface area contributed by atoms with E-state index in [1.807, 2.05) is 6.21 Å². The maximum atomic E-state index is 5.59. The van der Waals surface area contributed by atoms with Crippen molar-refractivity contribution in [3.05, 3.63) is 0 Å². The van der Waals surface area contributed by atoms with Gasteiger partial charge in [-0.3, -0.25) is 0 Å². The number of rotatable bonds is 1. The lowest BCUT2D eigenvalue weighted by Gasteiger charge is -2.33. The highest BCUT2D eigenvalue weighted by molar-refractivity contribution is 7.80. The van der Waals surface area contributed by atoms with Gasteiger partial charge in [0.2, 0.25) is 0 Å². The van der Waals surface area contributed by atoms with Crippen LogP contribution in [0.4, 0.5) is 0 Å². The quantitative estimate of drug-likeness (QED) is 0.652. The second kappa shape index (κ2) is 3.25. The smallest absolute Gasteiger partial charge is 0.187 e. The van der Waals surface area contributed by atoms with Gasteiger partial charge in [-0.2, -0.15) is 5.10 Å². The fourth-order valence-corrected chi connectivity index (χ4v) is 2.17. The van der Waals surface area contributed by atoms with Crippen LogP contribution in [0.15, 0.2) is 5.10 Å². The van der Waals surface area contributed by atoms with Crippen molar-refractivity contribution < 1.29 is 0 Å². The van der Waals surface area contributed by atoms with Gasteiger partial charge in [0.25, 0.3) is 0 Å². The Kier molecular flexibility index (Phi) is 2.61. The van der Waals surface area contributed by atoms with Crippen LogP contribution < -0.4 is 5.73 Å². The van der Waals surface area contributed by atoms with Crippen molar-refractivity contribution in [3.8, 4) is 0 Å². The van der Waals surface area contributed by atoms with Gasteiger partial charge in [-0.05, 0) is 18.1 Å². The number of hydrogen-bond donors (Lipinski definition) is 1. The van der Waals surface area contributed by atoms with Crippen molar-refractivity contribution >= 4 is 23.5 Å². The highest BCUT2D eigenvalue weighted by atomic mass is 32.1. The summed E-state index contributed by atoms with van der Waals surface area (Å²) >= 11 is 4.94. The van der Waals surface area contributed by atoms with E-state index < -0.39 is 0 Å². The van der Waals surface area contributed by atoms with Gasteiger partial charge in [0.05, 0.1) is 6.04 Å². The summed E-state index contributed by atoms with van der Waals surface area (Å²) in [6.45, 7) is 8.62. The Balaban J connectivity index is 2.92. The average molecular weight is 199 g/mol. The van der Waals surface area contributed by atoms with Crippen molar-refractivity contribution in [2.24, 2.45) is 22.2 Å². The van der Waals surface area contributed by atoms with Crippen LogP contribution in [0, 0.1) is 11.3 Å². The summed E-state index contributed by atoms with van der Waals surface area (Å²) in [5.41, 5.74) is 5.64. The Labute approximate surface area is 85.0 Å². The largest absolute Gasteiger partial charge is 0.375 e. The molecule has 0 aromatic carbocycles. The number of hydrazone groups is 1. The van der Waals surface area contributed by atoms with Gasteiger partial charge in [-0.1, -0.05) is 27.7 Å². The molecule has 2 N–H and O–H groups in total. The minimum Gasteiger partial charge on any atom is -0.375 e. The van der Waals surface area contributed by atoms with E-state index in [9.17, 15) is 0 Å². The van der Waals surface area contributed by atoms with E-state index in [0.29, 0.717) is 11.0 Å². The van der Waals surface area contributed by atoms with E-state index in [1.54, 1.807) is 5.01 Å². The lowest BCUT2D eigenvalue weighted by molar-refractivity contribution is 0.195. The second-order valence-corrected chi connectivity index (χ2v) is 4.86. The lowest BCUT2D eigenvalue weighted by Crippen LogP contribution is -2.46. The van der Waals surface area contributed by atoms with Gasteiger partial charge in [-0.15, -0.1) is 0 Å². The third kappa shape index (κ3) is 1.82. The highest BCUT2D eigenvalue weighted by Crippen LogP contribution is 2.33. The number of nitrogens with two attached hydrogens (primary N) is 1. The summed E-state index contributed by atoms with van der Waals surface area (Å²) < 4.78 is 0. The Morgan fingerprint density at radius 1 is 1.62 bits per heavy atom. The summed E-state index contributed by atoms with van der Waals surface area (Å²) in [6, 6.07) is 0.282. The molecule has 1 heterocycles. The topological polar surface area (TPSA) is 41.6 Å². The van der Waals surface area contributed by atoms with Crippen LogP contribution in [-0.4, -0.2) is 22.4 Å². The van der Waals surface area contributed by atoms with Crippen LogP contribution in [0.1, 0.15) is 27.7 Å². The summed E-state index contributed by atoms with van der Waals surface area (Å²) in [7, 11) is 0. The van der Waals surface area contributed by atoms with Crippen molar-refractivity contribution in [2.45, 2.75) is 33.7 Å². The molecule has 1 aliphatic heterocycles. The molecule has 4 heteroatoms. The minimum absolute atomic E-state index is 0.0532. The molecule has 0 radical (unpaired) electrons. The van der Waals surface area contributed by atoms with E-state index in [1.165, 1.54) is 0 Å². The molecule has 0 unspecified atom stereocenters. The molecule has 1 rings (SSSR count). The number of thiocarbonyl (C=S) groups is 1. The Hall–Kier alpha value is -0.640. The molecule has 0 aromatic rings. The Bertz CT molecular complexity index is 245. The molecular formula is C9H17N3S. The van der Waals surface area contributed by atoms with Crippen molar-refractivity contribution in [2.75, 3.05) is 0 Å². The van der Waals surface area contributed by atoms with E-state index in [0.717, 1.165) is 0 Å². The van der Waals surface area contributed by atoms with Gasteiger partial charge < -0.3 is 5.73 Å². The SMILES string of the molecule is CC(C)[C@H]1N(C(N)=S)N=CC1(C)C. The normalized spacial score (nSPS) is 25.6. The molecular weight excluding hydrogens is 182 g/mol. The highest BCUT2D eigenvalue weighted by Gasteiger charge is 2.40. The molecule has 3 nitrogen and oxygen atoms in total. The fraction of sp³-hybridized carbons (Fsp3) is 0.778. The molecule has 0 spiro atoms. The van der Waals surface area contributed by atoms with Crippen molar-refractivity contribution in [1.82, 2.24) is 5.01 Å². The maximum absolute atomic E-state index is 5.59. The average Bonchev–Trinajstić information content (AvgIpc) is 2.24. The molecule has 0 bridgehead atoms. The predicted molar refractivity (Wildman–Crippen MR) is 59.5 cm³/mol. The first-order valence-electron chi connectivity index (χ1n) is 4.50.